The van der Waals surface area contributed by atoms with Crippen LogP contribution in [0.1, 0.15) is 207 Å². The van der Waals surface area contributed by atoms with Crippen molar-refractivity contribution >= 4 is 11.9 Å². The molecular weight excluding hydrogens is 1590 g/mol. The Balaban J connectivity index is 0.000000212. The van der Waals surface area contributed by atoms with E-state index in [4.69, 9.17) is 94.7 Å². The van der Waals surface area contributed by atoms with Crippen LogP contribution in [0.5, 0.6) is 0 Å². The second-order valence-electron chi connectivity index (χ2n) is 38.6. The number of rotatable bonds is 15. The second kappa shape index (κ2) is 40.7. The van der Waals surface area contributed by atoms with Gasteiger partial charge in [-0.05, 0) is 138 Å². The summed E-state index contributed by atoms with van der Waals surface area (Å²) in [5, 5.41) is 68.4. The Morgan fingerprint density at radius 3 is 1.24 bits per heavy atom. The van der Waals surface area contributed by atoms with Crippen molar-refractivity contribution in [3.05, 3.63) is 94.2 Å². The summed E-state index contributed by atoms with van der Waals surface area (Å²) in [6.07, 6.45) is 12.1. The molecule has 0 aromatic rings. The minimum Gasteiger partial charge on any atom is -0.462 e. The molecule has 2 aliphatic carbocycles. The first kappa shape index (κ1) is 96.5. The predicted octanol–water partition coefficient (Wildman–Crippen LogP) is 10.8. The number of methoxy groups -OCH3 is 4. The van der Waals surface area contributed by atoms with Gasteiger partial charge >= 0.3 is 11.9 Å². The summed E-state index contributed by atoms with van der Waals surface area (Å²) in [6.45, 7) is 32.5. The van der Waals surface area contributed by atoms with Crippen molar-refractivity contribution < 1.29 is 135 Å². The molecule has 694 valence electrons. The third-order valence-corrected chi connectivity index (χ3v) is 29.3. The zero-order chi connectivity index (χ0) is 88.6. The van der Waals surface area contributed by atoms with E-state index in [9.17, 15) is 40.2 Å². The Morgan fingerprint density at radius 1 is 0.472 bits per heavy atom. The van der Waals surface area contributed by atoms with Crippen LogP contribution < -0.4 is 0 Å². The summed E-state index contributed by atoms with van der Waals surface area (Å²) in [6, 6.07) is 0. The van der Waals surface area contributed by atoms with Crippen molar-refractivity contribution in [1.29, 1.82) is 0 Å². The minimum absolute atomic E-state index is 0.00708. The number of aliphatic hydroxyl groups excluding tert-OH is 4. The highest BCUT2D eigenvalue weighted by atomic mass is 16.8. The number of fused-ring (bicyclic) bond motifs is 4. The van der Waals surface area contributed by atoms with Crippen LogP contribution in [-0.4, -0.2) is 279 Å². The van der Waals surface area contributed by atoms with Gasteiger partial charge in [0.05, 0.1) is 98.7 Å². The Hall–Kier alpha value is -4.10. The lowest BCUT2D eigenvalue weighted by molar-refractivity contribution is -0.341. The first-order valence-corrected chi connectivity index (χ1v) is 45.8. The van der Waals surface area contributed by atoms with Gasteiger partial charge in [0, 0.05) is 104 Å². The summed E-state index contributed by atoms with van der Waals surface area (Å²) in [5.41, 5.74) is 0.372. The number of hydrogen-bond donors (Lipinski definition) is 6. The molecule has 14 aliphatic rings. The van der Waals surface area contributed by atoms with Crippen molar-refractivity contribution in [2.24, 2.45) is 47.3 Å². The average molecular weight is 1740 g/mol. The van der Waals surface area contributed by atoms with Crippen LogP contribution in [-0.2, 0) is 104 Å². The summed E-state index contributed by atoms with van der Waals surface area (Å²) in [7, 11) is 6.45. The van der Waals surface area contributed by atoms with Gasteiger partial charge in [-0.15, -0.1) is 0 Å². The van der Waals surface area contributed by atoms with Gasteiger partial charge in [-0.2, -0.15) is 0 Å². The van der Waals surface area contributed by atoms with Crippen molar-refractivity contribution in [3.8, 4) is 0 Å². The highest BCUT2D eigenvalue weighted by molar-refractivity contribution is 5.79. The molecule has 28 nitrogen and oxygen atoms in total. The second-order valence-corrected chi connectivity index (χ2v) is 38.6. The molecule has 28 heteroatoms. The lowest BCUT2D eigenvalue weighted by Crippen LogP contribution is -2.58. The van der Waals surface area contributed by atoms with Gasteiger partial charge in [-0.25, -0.2) is 0 Å². The molecule has 6 N–H and O–H groups in total. The molecular formula is C95H146O28. The SMILES string of the molecule is CC[C@@H](C)[C@H]1O[C@]2(CC[C@@H]1C)C[C@@H]1C[C@@H](CC=C(C)[C@@H](O[C@H]3C[C@H](OC)[C@@H](O[C@H]4C[C@H](OC)[C@@H](O)[C@H](C)O4)[C@H](C)O3)[C@@H](C)C=CC=C3CO[C@@H]4[C@H](O)C(C)=C[C@@H](C(=O)O1)[C@]34O)O2.CO[C@H]1C[C@H](O[C@H]2[C@H](C)O[C@@H](O[C@@H]3C(C)=CC[C@@H]4C[C@@H](C[C@]5(CC[C@H](C)[C@@H](C(C)C)O5)O4)OC(=O)[C@@H]4C=C(C)[C@@H](O)[C@H]5OCC(=CC=C[C@@H]3C)[C@]54O)C[C@@H]2OC)O[C@@H](C)[C@@H]1O. The average Bonchev–Trinajstić information content (AvgIpc) is 1.61. The Labute approximate surface area is 728 Å². The number of carbonyl (C=O) groups is 2. The van der Waals surface area contributed by atoms with Crippen molar-refractivity contribution in [2.75, 3.05) is 41.7 Å². The Kier molecular flexibility index (Phi) is 31.9. The van der Waals surface area contributed by atoms with E-state index >= 15 is 0 Å². The van der Waals surface area contributed by atoms with Crippen molar-refractivity contribution in [1.82, 2.24) is 0 Å². The zero-order valence-electron chi connectivity index (χ0n) is 76.2. The summed E-state index contributed by atoms with van der Waals surface area (Å²) in [5.74, 6) is -4.25. The molecule has 12 heterocycles. The first-order valence-electron chi connectivity index (χ1n) is 45.8. The lowest BCUT2D eigenvalue weighted by atomic mass is 9.71. The molecule has 0 radical (unpaired) electrons. The quantitative estimate of drug-likeness (QED) is 0.0655. The summed E-state index contributed by atoms with van der Waals surface area (Å²) < 4.78 is 128. The zero-order valence-corrected chi connectivity index (χ0v) is 76.2. The Morgan fingerprint density at radius 2 is 0.846 bits per heavy atom. The van der Waals surface area contributed by atoms with Crippen LogP contribution in [0, 0.1) is 47.3 Å². The number of aliphatic hydroxyl groups is 6. The van der Waals surface area contributed by atoms with E-state index < -0.39 is 182 Å². The molecule has 123 heavy (non-hydrogen) atoms. The maximum Gasteiger partial charge on any atom is 0.316 e. The molecule has 0 saturated carbocycles. The van der Waals surface area contributed by atoms with Crippen molar-refractivity contribution in [2.45, 2.75) is 402 Å². The van der Waals surface area contributed by atoms with E-state index in [0.717, 1.165) is 30.4 Å². The van der Waals surface area contributed by atoms with E-state index in [2.05, 4.69) is 81.4 Å². The monoisotopic (exact) mass is 1740 g/mol. The van der Waals surface area contributed by atoms with Gasteiger partial charge in [-0.1, -0.05) is 123 Å². The molecule has 10 fully saturated rings. The van der Waals surface area contributed by atoms with Gasteiger partial charge < -0.3 is 125 Å². The normalized spacial score (nSPS) is 47.3. The molecule has 14 rings (SSSR count). The Bertz CT molecular complexity index is 3810. The first-order chi connectivity index (χ1) is 58.5. The number of allylic oxidation sites excluding steroid dienone is 4. The van der Waals surface area contributed by atoms with Crippen LogP contribution in [0.2, 0.25) is 0 Å². The lowest BCUT2D eigenvalue weighted by Gasteiger charge is -2.51. The predicted molar refractivity (Wildman–Crippen MR) is 450 cm³/mol. The van der Waals surface area contributed by atoms with Gasteiger partial charge in [-0.3, -0.25) is 9.59 Å². The van der Waals surface area contributed by atoms with E-state index in [0.29, 0.717) is 117 Å². The van der Waals surface area contributed by atoms with Gasteiger partial charge in [0.2, 0.25) is 0 Å². The van der Waals surface area contributed by atoms with Gasteiger partial charge in [0.15, 0.2) is 36.7 Å². The molecule has 0 aromatic carbocycles. The van der Waals surface area contributed by atoms with Crippen LogP contribution in [0.15, 0.2) is 94.2 Å². The highest BCUT2D eigenvalue weighted by Gasteiger charge is 2.63. The number of hydrogen-bond acceptors (Lipinski definition) is 28. The standard InChI is InChI=1S/C48H74O14.C47H72O14/c1-11-25(2)43-28(5)17-18-47(62-43)23-34-20-33(61-47)16-15-27(4)42(26(3)13-12-14-32-24-55-45-40(49)29(6)19-35(46(51)58-34)48(32,45)52)59-39-22-37(54-10)44(31(8)57-39)60-38-21-36(53-9)41(50)30(7)56-38;1-24(2)41-27(5)16-17-46(61-41)22-33-19-32(60-46)15-14-26(4)42(25(3)12-11-13-31-23-54-44-39(48)28(6)18-34(45(50)57-33)47(31,44)51)58-38-21-36(53-10)43(30(8)56-38)59-37-20-35(52-9)40(49)29(7)55-37/h12-15,19,25-26,28,30-31,33-45,49-50,52H,11,16-18,20-24H2,1-10H3;11-14,18,24-25,27,29-30,32-44,48-49,51H,15-17,19-23H2,1-10H3/t25-,26+,28+,30+,31+,33-,34+,35+,36+,37+,38+,39+,40-,41+,42+,43-,44+,45-,47-,48-;25-,27-,29-,30-,32+,33-,34-,35-,36-,37-,38-,39+,40-,41+,42-,43-,44+,46+,47+/m10/s1. The molecule has 12 aliphatic heterocycles. The van der Waals surface area contributed by atoms with E-state index in [-0.39, 0.29) is 67.6 Å². The number of ether oxygens (including phenoxy) is 20. The number of esters is 2. The van der Waals surface area contributed by atoms with Crippen molar-refractivity contribution in [3.63, 3.8) is 0 Å². The smallest absolute Gasteiger partial charge is 0.316 e. The summed E-state index contributed by atoms with van der Waals surface area (Å²) >= 11 is 0. The third kappa shape index (κ3) is 20.8. The van der Waals surface area contributed by atoms with Crippen LogP contribution in [0.3, 0.4) is 0 Å². The van der Waals surface area contributed by atoms with E-state index in [1.807, 2.05) is 38.2 Å². The molecule has 10 saturated heterocycles. The maximum absolute atomic E-state index is 14.4. The molecule has 39 atom stereocenters. The summed E-state index contributed by atoms with van der Waals surface area (Å²) in [4.78, 5) is 28.7. The molecule has 0 aromatic heterocycles. The fraction of sp³-hybridized carbons (Fsp3) is 0.811. The van der Waals surface area contributed by atoms with Gasteiger partial charge in [0.25, 0.3) is 0 Å². The molecule has 2 spiro atoms. The van der Waals surface area contributed by atoms with Crippen LogP contribution >= 0.6 is 0 Å². The number of carbonyl (C=O) groups excluding carboxylic acids is 2. The fourth-order valence-electron chi connectivity index (χ4n) is 21.8. The van der Waals surface area contributed by atoms with E-state index in [1.54, 1.807) is 80.4 Å². The highest BCUT2D eigenvalue weighted by Crippen LogP contribution is 2.52. The molecule has 0 unspecified atom stereocenters. The van der Waals surface area contributed by atoms with Gasteiger partial charge in [0.1, 0.15) is 84.1 Å². The maximum atomic E-state index is 14.4. The topological polar surface area (TPSA) is 340 Å². The largest absolute Gasteiger partial charge is 0.462 e. The van der Waals surface area contributed by atoms with Crippen LogP contribution in [0.25, 0.3) is 0 Å². The van der Waals surface area contributed by atoms with E-state index in [1.165, 1.54) is 0 Å². The third-order valence-electron chi connectivity index (χ3n) is 29.3. The fourth-order valence-corrected chi connectivity index (χ4v) is 21.8. The minimum atomic E-state index is -1.82. The van der Waals surface area contributed by atoms with Crippen LogP contribution in [0.4, 0.5) is 0 Å². The molecule has 4 bridgehead atoms. The molecule has 0 amide bonds.